The van der Waals surface area contributed by atoms with E-state index in [0.29, 0.717) is 66.9 Å². The Hall–Kier alpha value is -6.36. The number of H-pyrrole nitrogens is 2. The second-order valence-corrected chi connectivity index (χ2v) is 20.3. The Kier molecular flexibility index (Phi) is 13.6. The molecular weight excluding hydrogens is 881 g/mol. The highest BCUT2D eigenvalue weighted by molar-refractivity contribution is 6.05. The number of phenolic OH excluding ortho intramolecular Hbond substituents is 2. The Balaban J connectivity index is 1.15. The van der Waals surface area contributed by atoms with Crippen molar-refractivity contribution in [3.63, 3.8) is 0 Å². The molecule has 0 unspecified atom stereocenters. The lowest BCUT2D eigenvalue weighted by Gasteiger charge is -2.39. The molecule has 0 radical (unpaired) electrons. The minimum atomic E-state index is -1.43. The lowest BCUT2D eigenvalue weighted by molar-refractivity contribution is -0.135. The van der Waals surface area contributed by atoms with E-state index < -0.39 is 48.0 Å². The number of aryl methyl sites for hydroxylation is 2. The van der Waals surface area contributed by atoms with Crippen LogP contribution < -0.4 is 15.4 Å². The summed E-state index contributed by atoms with van der Waals surface area (Å²) in [4.78, 5) is 37.7. The molecule has 9 N–H and O–H groups in total. The minimum absolute atomic E-state index is 0.000489. The SMILES string of the molecule is CNC[C@@H]1C#C[C@@H]2Nc3[nH]ccc3Cc3cc(ccc3C[C@@H]1O)Cc1cc(cc(OC3CCCC3)c1O)CCC(=O)[C@@H](CCO)C(=O)[C@@H]1C2=Cc2[nH]ccc2[C@@H]1C[C@]1(O)C=Cc2c(O)cccc2CC1. The molecule has 3 aliphatic carbocycles. The smallest absolute Gasteiger partial charge is 0.161 e. The Morgan fingerprint density at radius 1 is 0.871 bits per heavy atom. The largest absolute Gasteiger partial charge is 0.507 e. The average molecular weight is 945 g/mol. The fourth-order valence-corrected chi connectivity index (χ4v) is 11.8. The number of aromatic hydroxyl groups is 2. The molecule has 7 atom stereocenters. The molecule has 2 aromatic heterocycles. The highest BCUT2D eigenvalue weighted by atomic mass is 16.5. The Morgan fingerprint density at radius 3 is 2.53 bits per heavy atom. The number of ketones is 2. The number of aliphatic hydroxyl groups excluding tert-OH is 2. The number of hydrogen-bond acceptors (Lipinski definition) is 10. The molecule has 0 amide bonds. The highest BCUT2D eigenvalue weighted by Crippen LogP contribution is 2.48. The number of hydrogen-bond donors (Lipinski definition) is 9. The maximum absolute atomic E-state index is 16.0. The molecule has 0 spiro atoms. The van der Waals surface area contributed by atoms with Gasteiger partial charge in [0.05, 0.1) is 29.6 Å². The van der Waals surface area contributed by atoms with Gasteiger partial charge in [-0.2, -0.15) is 0 Å². The van der Waals surface area contributed by atoms with Crippen molar-refractivity contribution in [2.24, 2.45) is 17.8 Å². The number of Topliss-reactive ketones (excluding diaryl/α,β-unsaturated/α-hetero) is 2. The third-order valence-corrected chi connectivity index (χ3v) is 15.6. The van der Waals surface area contributed by atoms with Crippen LogP contribution in [0.2, 0.25) is 0 Å². The van der Waals surface area contributed by atoms with E-state index in [1.165, 1.54) is 0 Å². The molecule has 5 aromatic rings. The van der Waals surface area contributed by atoms with Crippen LogP contribution in [0.1, 0.15) is 113 Å². The summed E-state index contributed by atoms with van der Waals surface area (Å²) in [5.41, 5.74) is 7.63. The topological polar surface area (TPSA) is 200 Å². The summed E-state index contributed by atoms with van der Waals surface area (Å²) >= 11 is 0. The van der Waals surface area contributed by atoms with E-state index in [2.05, 4.69) is 44.6 Å². The minimum Gasteiger partial charge on any atom is -0.507 e. The molecule has 12 heteroatoms. The lowest BCUT2D eigenvalue weighted by Crippen LogP contribution is -2.43. The van der Waals surface area contributed by atoms with Crippen LogP contribution in [0.4, 0.5) is 5.82 Å². The molecule has 5 bridgehead atoms. The van der Waals surface area contributed by atoms with Crippen LogP contribution in [0, 0.1) is 29.6 Å². The van der Waals surface area contributed by atoms with Crippen molar-refractivity contribution in [1.29, 1.82) is 0 Å². The van der Waals surface area contributed by atoms with Crippen LogP contribution in [0.3, 0.4) is 0 Å². The molecule has 4 heterocycles. The zero-order valence-electron chi connectivity index (χ0n) is 39.8. The first-order valence-corrected chi connectivity index (χ1v) is 25.1. The monoisotopic (exact) mass is 944 g/mol. The summed E-state index contributed by atoms with van der Waals surface area (Å²) in [5, 5.41) is 65.1. The summed E-state index contributed by atoms with van der Waals surface area (Å²) in [6.07, 6.45) is 14.4. The summed E-state index contributed by atoms with van der Waals surface area (Å²) in [6.45, 7) is -0.0132. The van der Waals surface area contributed by atoms with E-state index in [1.807, 2.05) is 61.9 Å². The number of fused-ring (bicyclic) bond motifs is 8. The fraction of sp³-hybridized carbons (Fsp3) is 0.414. The number of carbonyl (C=O) groups is 2. The molecule has 1 fully saturated rings. The van der Waals surface area contributed by atoms with E-state index in [0.717, 1.165) is 70.3 Å². The number of anilines is 1. The van der Waals surface area contributed by atoms with E-state index in [-0.39, 0.29) is 54.9 Å². The van der Waals surface area contributed by atoms with E-state index >= 15 is 4.79 Å². The van der Waals surface area contributed by atoms with Gasteiger partial charge in [-0.05, 0) is 146 Å². The van der Waals surface area contributed by atoms with E-state index in [4.69, 9.17) is 4.74 Å². The number of benzene rings is 3. The van der Waals surface area contributed by atoms with Crippen molar-refractivity contribution in [1.82, 2.24) is 15.3 Å². The van der Waals surface area contributed by atoms with Gasteiger partial charge >= 0.3 is 0 Å². The van der Waals surface area contributed by atoms with Crippen LogP contribution in [0.25, 0.3) is 12.2 Å². The number of aliphatic hydroxyl groups is 3. The van der Waals surface area contributed by atoms with Gasteiger partial charge in [-0.25, -0.2) is 0 Å². The number of nitrogens with one attached hydrogen (secondary N) is 4. The molecule has 12 nitrogen and oxygen atoms in total. The maximum atomic E-state index is 16.0. The van der Waals surface area contributed by atoms with Gasteiger partial charge in [0.2, 0.25) is 0 Å². The molecule has 0 saturated heterocycles. The lowest BCUT2D eigenvalue weighted by atomic mass is 9.65. The molecule has 70 heavy (non-hydrogen) atoms. The van der Waals surface area contributed by atoms with Crippen LogP contribution >= 0.6 is 0 Å². The van der Waals surface area contributed by atoms with E-state index in [9.17, 15) is 30.3 Å². The van der Waals surface area contributed by atoms with E-state index in [1.54, 1.807) is 24.3 Å². The third-order valence-electron chi connectivity index (χ3n) is 15.6. The number of phenols is 2. The molecule has 3 aromatic carbocycles. The van der Waals surface area contributed by atoms with Gasteiger partial charge in [0.15, 0.2) is 17.3 Å². The molecule has 10 rings (SSSR count). The third kappa shape index (κ3) is 9.73. The van der Waals surface area contributed by atoms with Crippen molar-refractivity contribution in [2.45, 2.75) is 113 Å². The van der Waals surface area contributed by atoms with Crippen molar-refractivity contribution >= 4 is 29.5 Å². The standard InChI is InChI=1S/C58H64N4O8/c1-59-33-39-12-13-48-46-31-49-44(18-23-60-49)47(32-58(69)20-15-36-5-4-8-50(64)43(36)16-21-58)54(46)56(68)45(19-24-63)51(65)14-10-35-27-41(55(67)53(28-35)70-42-6-2-3-7-42)26-34-9-11-37(30-52(39)66)40(25-34)29-38-17-22-61-57(38)62-48/h4-5,8-9,11,16-18,21-23,25,27-28,31,39,42,45,47-48,52,54,59-64,66-67,69H,2-3,6-7,10,14-15,19-20,24,26,29-30,32-33H2,1H3/t39-,45+,47-,48-,52-,54+,58+/m0/s1. The van der Waals surface area contributed by atoms with Gasteiger partial charge in [-0.3, -0.25) is 9.59 Å². The number of rotatable bonds is 8. The summed E-state index contributed by atoms with van der Waals surface area (Å²) in [6, 6.07) is 18.5. The van der Waals surface area contributed by atoms with Gasteiger partial charge in [-0.15, -0.1) is 0 Å². The average Bonchev–Trinajstić information content (AvgIpc) is 4.13. The van der Waals surface area contributed by atoms with Crippen LogP contribution in [-0.2, 0) is 41.7 Å². The summed E-state index contributed by atoms with van der Waals surface area (Å²) in [5.74, 6) is 4.16. The zero-order chi connectivity index (χ0) is 48.5. The predicted octanol–water partition coefficient (Wildman–Crippen LogP) is 7.45. The number of ether oxygens (including phenoxy) is 1. The summed E-state index contributed by atoms with van der Waals surface area (Å²) in [7, 11) is 1.83. The molecule has 364 valence electrons. The fourth-order valence-electron chi connectivity index (χ4n) is 11.8. The Morgan fingerprint density at radius 2 is 1.70 bits per heavy atom. The molecular formula is C58H64N4O8. The molecule has 2 aliphatic heterocycles. The van der Waals surface area contributed by atoms with Crippen LogP contribution in [0.5, 0.6) is 17.2 Å². The van der Waals surface area contributed by atoms with Crippen molar-refractivity contribution in [3.05, 3.63) is 140 Å². The first-order chi connectivity index (χ1) is 34.0. The van der Waals surface area contributed by atoms with Gasteiger partial charge in [0.25, 0.3) is 0 Å². The van der Waals surface area contributed by atoms with Crippen molar-refractivity contribution in [2.75, 3.05) is 25.5 Å². The summed E-state index contributed by atoms with van der Waals surface area (Å²) < 4.78 is 6.49. The second-order valence-electron chi connectivity index (χ2n) is 20.3. The molecule has 1 saturated carbocycles. The van der Waals surface area contributed by atoms with Gasteiger partial charge in [-0.1, -0.05) is 60.4 Å². The highest BCUT2D eigenvalue weighted by Gasteiger charge is 2.46. The Bertz CT molecular complexity index is 2890. The number of aromatic nitrogens is 2. The first-order valence-electron chi connectivity index (χ1n) is 25.1. The number of carbonyl (C=O) groups excluding carboxylic acids is 2. The van der Waals surface area contributed by atoms with Gasteiger partial charge in [0.1, 0.15) is 23.4 Å². The van der Waals surface area contributed by atoms with Gasteiger partial charge < -0.3 is 50.9 Å². The quantitative estimate of drug-likeness (QED) is 0.0556. The normalized spacial score (nSPS) is 25.7. The maximum Gasteiger partial charge on any atom is 0.161 e. The van der Waals surface area contributed by atoms with Crippen LogP contribution in [-0.4, -0.2) is 91.1 Å². The number of aromatic amines is 2. The zero-order valence-corrected chi connectivity index (χ0v) is 39.8. The Labute approximate surface area is 409 Å². The van der Waals surface area contributed by atoms with Crippen LogP contribution in [0.15, 0.2) is 84.7 Å². The van der Waals surface area contributed by atoms with Crippen molar-refractivity contribution < 1.29 is 39.9 Å². The second kappa shape index (κ2) is 20.2. The van der Waals surface area contributed by atoms with Gasteiger partial charge in [0, 0.05) is 73.5 Å². The molecule has 5 aliphatic rings. The first kappa shape index (κ1) is 47.3. The predicted molar refractivity (Wildman–Crippen MR) is 270 cm³/mol. The van der Waals surface area contributed by atoms with Crippen molar-refractivity contribution in [3.8, 4) is 29.1 Å².